The van der Waals surface area contributed by atoms with E-state index in [4.69, 9.17) is 0 Å². The predicted octanol–water partition coefficient (Wildman–Crippen LogP) is 3.61. The molecule has 0 spiro atoms. The summed E-state index contributed by atoms with van der Waals surface area (Å²) >= 11 is 2.98. The Bertz CT molecular complexity index is 885. The van der Waals surface area contributed by atoms with Gasteiger partial charge in [-0.1, -0.05) is 6.07 Å². The molecule has 3 rings (SSSR count). The molecule has 0 saturated carbocycles. The fourth-order valence-electron chi connectivity index (χ4n) is 2.37. The van der Waals surface area contributed by atoms with E-state index < -0.39 is 12.1 Å². The second-order valence-electron chi connectivity index (χ2n) is 5.47. The third-order valence-electron chi connectivity index (χ3n) is 3.76. The quantitative estimate of drug-likeness (QED) is 0.634. The Kier molecular flexibility index (Phi) is 5.82. The van der Waals surface area contributed by atoms with Gasteiger partial charge in [-0.05, 0) is 47.8 Å². The number of thiophene rings is 2. The molecule has 2 aromatic heterocycles. The molecule has 7 heteroatoms. The summed E-state index contributed by atoms with van der Waals surface area (Å²) < 4.78 is 4.63. The minimum atomic E-state index is -0.629. The van der Waals surface area contributed by atoms with Crippen molar-refractivity contribution in [3.63, 3.8) is 0 Å². The van der Waals surface area contributed by atoms with Gasteiger partial charge in [0, 0.05) is 20.2 Å². The van der Waals surface area contributed by atoms with Gasteiger partial charge in [0.1, 0.15) is 6.10 Å². The maximum Gasteiger partial charge on any atom is 0.337 e. The van der Waals surface area contributed by atoms with Crippen LogP contribution in [0.2, 0.25) is 0 Å². The second kappa shape index (κ2) is 8.27. The van der Waals surface area contributed by atoms with Gasteiger partial charge in [-0.2, -0.15) is 0 Å². The van der Waals surface area contributed by atoms with Crippen molar-refractivity contribution in [2.45, 2.75) is 12.6 Å². The zero-order valence-electron chi connectivity index (χ0n) is 14.0. The van der Waals surface area contributed by atoms with E-state index in [0.29, 0.717) is 17.7 Å². The van der Waals surface area contributed by atoms with Crippen molar-refractivity contribution in [3.8, 4) is 0 Å². The SMILES string of the molecule is COC(=O)c1ccc(C(=O)NCc2ccc(C(O)c3cccs3)s2)cc1. The summed E-state index contributed by atoms with van der Waals surface area (Å²) in [5.74, 6) is -0.664. The van der Waals surface area contributed by atoms with Crippen LogP contribution in [0.3, 0.4) is 0 Å². The Morgan fingerprint density at radius 2 is 1.81 bits per heavy atom. The van der Waals surface area contributed by atoms with Crippen molar-refractivity contribution >= 4 is 34.6 Å². The number of carbonyl (C=O) groups excluding carboxylic acids is 2. The van der Waals surface area contributed by atoms with Gasteiger partial charge < -0.3 is 15.2 Å². The van der Waals surface area contributed by atoms with Crippen LogP contribution in [0, 0.1) is 0 Å². The molecular weight excluding hydrogens is 370 g/mol. The minimum absolute atomic E-state index is 0.227. The first kappa shape index (κ1) is 18.3. The zero-order chi connectivity index (χ0) is 18.5. The minimum Gasteiger partial charge on any atom is -0.465 e. The van der Waals surface area contributed by atoms with Gasteiger partial charge in [0.2, 0.25) is 0 Å². The first-order valence-electron chi connectivity index (χ1n) is 7.85. The molecule has 1 atom stereocenters. The molecule has 5 nitrogen and oxygen atoms in total. The van der Waals surface area contributed by atoms with Crippen molar-refractivity contribution in [3.05, 3.63) is 79.7 Å². The maximum atomic E-state index is 12.2. The van der Waals surface area contributed by atoms with Crippen LogP contribution in [-0.2, 0) is 11.3 Å². The van der Waals surface area contributed by atoms with E-state index >= 15 is 0 Å². The number of ether oxygens (including phenoxy) is 1. The summed E-state index contributed by atoms with van der Waals surface area (Å²) in [6.45, 7) is 0.374. The normalized spacial score (nSPS) is 11.8. The number of aliphatic hydroxyl groups excluding tert-OH is 1. The van der Waals surface area contributed by atoms with Crippen molar-refractivity contribution in [2.24, 2.45) is 0 Å². The zero-order valence-corrected chi connectivity index (χ0v) is 15.6. The van der Waals surface area contributed by atoms with Gasteiger partial charge in [0.25, 0.3) is 5.91 Å². The number of benzene rings is 1. The van der Waals surface area contributed by atoms with E-state index in [1.807, 2.05) is 29.6 Å². The number of amides is 1. The molecule has 134 valence electrons. The molecule has 1 unspecified atom stereocenters. The van der Waals surface area contributed by atoms with Gasteiger partial charge in [-0.3, -0.25) is 4.79 Å². The summed E-state index contributed by atoms with van der Waals surface area (Å²) in [7, 11) is 1.31. The van der Waals surface area contributed by atoms with Crippen molar-refractivity contribution in [2.75, 3.05) is 7.11 Å². The average Bonchev–Trinajstić information content (AvgIpc) is 3.37. The first-order valence-corrected chi connectivity index (χ1v) is 9.54. The molecule has 0 aliphatic carbocycles. The lowest BCUT2D eigenvalue weighted by atomic mass is 10.1. The molecule has 2 heterocycles. The van der Waals surface area contributed by atoms with Crippen LogP contribution < -0.4 is 5.32 Å². The molecule has 2 N–H and O–H groups in total. The standard InChI is InChI=1S/C19H17NO4S2/c1-24-19(23)13-6-4-12(5-7-13)18(22)20-11-14-8-9-16(26-14)17(21)15-3-2-10-25-15/h2-10,17,21H,11H2,1H3,(H,20,22). The van der Waals surface area contributed by atoms with Crippen molar-refractivity contribution in [1.29, 1.82) is 0 Å². The number of carbonyl (C=O) groups is 2. The highest BCUT2D eigenvalue weighted by atomic mass is 32.1. The summed E-state index contributed by atoms with van der Waals surface area (Å²) in [5.41, 5.74) is 0.863. The number of hydrogen-bond donors (Lipinski definition) is 2. The number of esters is 1. The van der Waals surface area contributed by atoms with Gasteiger partial charge in [-0.25, -0.2) is 4.79 Å². The molecule has 0 radical (unpaired) electrons. The Morgan fingerprint density at radius 3 is 2.46 bits per heavy atom. The molecule has 0 fully saturated rings. The number of nitrogens with one attached hydrogen (secondary N) is 1. The number of hydrogen-bond acceptors (Lipinski definition) is 6. The lowest BCUT2D eigenvalue weighted by molar-refractivity contribution is 0.0600. The average molecular weight is 387 g/mol. The van der Waals surface area contributed by atoms with Gasteiger partial charge >= 0.3 is 5.97 Å². The van der Waals surface area contributed by atoms with Crippen LogP contribution in [0.5, 0.6) is 0 Å². The lowest BCUT2D eigenvalue weighted by Gasteiger charge is -2.06. The van der Waals surface area contributed by atoms with Crippen LogP contribution in [0.4, 0.5) is 0 Å². The topological polar surface area (TPSA) is 75.6 Å². The van der Waals surface area contributed by atoms with Crippen molar-refractivity contribution < 1.29 is 19.4 Å². The van der Waals surface area contributed by atoms with E-state index in [1.54, 1.807) is 24.3 Å². The largest absolute Gasteiger partial charge is 0.465 e. The summed E-state index contributed by atoms with van der Waals surface area (Å²) in [6, 6.07) is 13.9. The van der Waals surface area contributed by atoms with E-state index in [-0.39, 0.29) is 5.91 Å². The molecule has 0 bridgehead atoms. The summed E-state index contributed by atoms with van der Waals surface area (Å²) in [6.07, 6.45) is -0.629. The predicted molar refractivity (Wildman–Crippen MR) is 102 cm³/mol. The third-order valence-corrected chi connectivity index (χ3v) is 5.82. The highest BCUT2D eigenvalue weighted by Gasteiger charge is 2.14. The van der Waals surface area contributed by atoms with Crippen LogP contribution in [0.25, 0.3) is 0 Å². The van der Waals surface area contributed by atoms with E-state index in [2.05, 4.69) is 10.1 Å². The maximum absolute atomic E-state index is 12.2. The van der Waals surface area contributed by atoms with E-state index in [9.17, 15) is 14.7 Å². The Labute approximate surface area is 158 Å². The smallest absolute Gasteiger partial charge is 0.337 e. The van der Waals surface area contributed by atoms with E-state index in [1.165, 1.54) is 29.8 Å². The molecule has 3 aromatic rings. The fourth-order valence-corrected chi connectivity index (χ4v) is 4.13. The Morgan fingerprint density at radius 1 is 1.08 bits per heavy atom. The highest BCUT2D eigenvalue weighted by Crippen LogP contribution is 2.30. The summed E-state index contributed by atoms with van der Waals surface area (Å²) in [4.78, 5) is 26.3. The van der Waals surface area contributed by atoms with Gasteiger partial charge in [-0.15, -0.1) is 22.7 Å². The molecule has 26 heavy (non-hydrogen) atoms. The van der Waals surface area contributed by atoms with Crippen LogP contribution in [-0.4, -0.2) is 24.1 Å². The highest BCUT2D eigenvalue weighted by molar-refractivity contribution is 7.12. The summed E-state index contributed by atoms with van der Waals surface area (Å²) in [5, 5.41) is 15.1. The van der Waals surface area contributed by atoms with Crippen LogP contribution >= 0.6 is 22.7 Å². The molecule has 1 aromatic carbocycles. The van der Waals surface area contributed by atoms with Crippen LogP contribution in [0.1, 0.15) is 41.5 Å². The van der Waals surface area contributed by atoms with E-state index in [0.717, 1.165) is 14.6 Å². The first-order chi connectivity index (χ1) is 12.6. The number of methoxy groups -OCH3 is 1. The second-order valence-corrected chi connectivity index (χ2v) is 7.65. The van der Waals surface area contributed by atoms with Crippen molar-refractivity contribution in [1.82, 2.24) is 5.32 Å². The lowest BCUT2D eigenvalue weighted by Crippen LogP contribution is -2.22. The molecule has 0 aliphatic rings. The Balaban J connectivity index is 1.59. The number of rotatable bonds is 6. The number of aliphatic hydroxyl groups is 1. The van der Waals surface area contributed by atoms with Crippen LogP contribution in [0.15, 0.2) is 53.9 Å². The third kappa shape index (κ3) is 4.19. The molecule has 0 saturated heterocycles. The van der Waals surface area contributed by atoms with Gasteiger partial charge in [0.05, 0.1) is 19.2 Å². The fraction of sp³-hybridized carbons (Fsp3) is 0.158. The monoisotopic (exact) mass is 387 g/mol. The molecule has 1 amide bonds. The Hall–Kier alpha value is -2.48. The molecular formula is C19H17NO4S2. The van der Waals surface area contributed by atoms with Gasteiger partial charge in [0.15, 0.2) is 0 Å². The molecule has 0 aliphatic heterocycles.